The first-order chi connectivity index (χ1) is 15.8. The van der Waals surface area contributed by atoms with Crippen molar-refractivity contribution in [2.75, 3.05) is 52.5 Å². The van der Waals surface area contributed by atoms with E-state index in [1.807, 2.05) is 24.3 Å². The normalized spacial score (nSPS) is 18.8. The van der Waals surface area contributed by atoms with Crippen LogP contribution in [0.25, 0.3) is 11.1 Å². The maximum Gasteiger partial charge on any atom is 0.119 e. The molecule has 0 amide bonds. The van der Waals surface area contributed by atoms with Crippen LogP contribution in [0.2, 0.25) is 0 Å². The molecule has 2 aliphatic heterocycles. The van der Waals surface area contributed by atoms with Gasteiger partial charge in [-0.3, -0.25) is 0 Å². The first kappa shape index (κ1) is 21.7. The van der Waals surface area contributed by atoms with Gasteiger partial charge in [0.2, 0.25) is 0 Å². The first-order valence-corrected chi connectivity index (χ1v) is 12.4. The van der Waals surface area contributed by atoms with E-state index >= 15 is 0 Å². The van der Waals surface area contributed by atoms with E-state index in [4.69, 9.17) is 9.47 Å². The van der Waals surface area contributed by atoms with Crippen LogP contribution in [0.3, 0.4) is 0 Å². The maximum atomic E-state index is 11.0. The topological polar surface area (TPSA) is 45.2 Å². The minimum absolute atomic E-state index is 0.624. The first-order valence-electron chi connectivity index (χ1n) is 12.4. The predicted octanol–water partition coefficient (Wildman–Crippen LogP) is 4.48. The lowest BCUT2D eigenvalue weighted by atomic mass is 10.1. The van der Waals surface area contributed by atoms with Crippen molar-refractivity contribution in [2.24, 2.45) is 0 Å². The summed E-state index contributed by atoms with van der Waals surface area (Å²) in [5, 5.41) is 11.0. The molecule has 1 N–H and O–H groups in total. The number of likely N-dealkylation sites (tertiary alicyclic amines) is 2. The van der Waals surface area contributed by atoms with Crippen LogP contribution in [-0.2, 0) is 0 Å². The average molecular weight is 437 g/mol. The molecule has 5 nitrogen and oxygen atoms in total. The number of aliphatic hydroxyl groups is 1. The molecule has 0 bridgehead atoms. The van der Waals surface area contributed by atoms with E-state index < -0.39 is 6.10 Å². The molecule has 0 saturated carbocycles. The van der Waals surface area contributed by atoms with E-state index in [2.05, 4.69) is 21.9 Å². The lowest BCUT2D eigenvalue weighted by molar-refractivity contribution is 0.222. The molecule has 0 aromatic heterocycles. The van der Waals surface area contributed by atoms with Crippen molar-refractivity contribution < 1.29 is 14.6 Å². The molecular formula is C27H36N2O3. The Hall–Kier alpha value is -2.08. The zero-order valence-electron chi connectivity index (χ0n) is 19.1. The lowest BCUT2D eigenvalue weighted by Crippen LogP contribution is -2.21. The summed E-state index contributed by atoms with van der Waals surface area (Å²) in [5.74, 6) is 1.69. The number of hydrogen-bond donors (Lipinski definition) is 1. The molecule has 2 heterocycles. The summed E-state index contributed by atoms with van der Waals surface area (Å²) >= 11 is 0. The number of nitrogens with zero attached hydrogens (tertiary/aromatic N) is 2. The van der Waals surface area contributed by atoms with Crippen LogP contribution in [0.1, 0.15) is 55.8 Å². The minimum Gasteiger partial charge on any atom is -0.494 e. The van der Waals surface area contributed by atoms with E-state index in [0.717, 1.165) is 59.7 Å². The predicted molar refractivity (Wildman–Crippen MR) is 128 cm³/mol. The SMILES string of the molecule is OC1c2cc(OCCCN3CCCC3)ccc2-c2ccc(OCCCN3CCCC3)cc21. The third-order valence-corrected chi connectivity index (χ3v) is 7.10. The molecule has 0 spiro atoms. The molecule has 0 atom stereocenters. The zero-order valence-corrected chi connectivity index (χ0v) is 19.1. The lowest BCUT2D eigenvalue weighted by Gasteiger charge is -2.15. The van der Waals surface area contributed by atoms with Crippen LogP contribution in [0, 0.1) is 0 Å². The van der Waals surface area contributed by atoms with Gasteiger partial charge in [0.25, 0.3) is 0 Å². The number of fused-ring (bicyclic) bond motifs is 3. The highest BCUT2D eigenvalue weighted by Crippen LogP contribution is 2.45. The van der Waals surface area contributed by atoms with Gasteiger partial charge in [-0.2, -0.15) is 0 Å². The van der Waals surface area contributed by atoms with Crippen LogP contribution >= 0.6 is 0 Å². The summed E-state index contributed by atoms with van der Waals surface area (Å²) in [5.41, 5.74) is 4.06. The summed E-state index contributed by atoms with van der Waals surface area (Å²) in [6, 6.07) is 12.2. The molecule has 172 valence electrons. The van der Waals surface area contributed by atoms with Crippen molar-refractivity contribution >= 4 is 0 Å². The molecule has 2 aromatic carbocycles. The maximum absolute atomic E-state index is 11.0. The molecule has 3 aliphatic rings. The van der Waals surface area contributed by atoms with Crippen LogP contribution in [0.15, 0.2) is 36.4 Å². The van der Waals surface area contributed by atoms with E-state index in [-0.39, 0.29) is 0 Å². The Labute approximate surface area is 191 Å². The highest BCUT2D eigenvalue weighted by atomic mass is 16.5. The summed E-state index contributed by atoms with van der Waals surface area (Å²) in [6.45, 7) is 8.57. The molecule has 0 unspecified atom stereocenters. The largest absolute Gasteiger partial charge is 0.494 e. The quantitative estimate of drug-likeness (QED) is 0.557. The summed E-state index contributed by atoms with van der Waals surface area (Å²) < 4.78 is 12.0. The fourth-order valence-corrected chi connectivity index (χ4v) is 5.34. The number of benzene rings is 2. The molecule has 5 rings (SSSR count). The molecule has 5 heteroatoms. The summed E-state index contributed by atoms with van der Waals surface area (Å²) in [4.78, 5) is 5.02. The molecule has 2 aromatic rings. The zero-order chi connectivity index (χ0) is 21.8. The van der Waals surface area contributed by atoms with Gasteiger partial charge in [0, 0.05) is 13.1 Å². The second-order valence-corrected chi connectivity index (χ2v) is 9.40. The second kappa shape index (κ2) is 10.2. The van der Waals surface area contributed by atoms with Crippen molar-refractivity contribution in [3.05, 3.63) is 47.5 Å². The van der Waals surface area contributed by atoms with Crippen molar-refractivity contribution in [2.45, 2.75) is 44.6 Å². The van der Waals surface area contributed by atoms with Gasteiger partial charge in [0.1, 0.15) is 17.6 Å². The van der Waals surface area contributed by atoms with Gasteiger partial charge in [-0.25, -0.2) is 0 Å². The van der Waals surface area contributed by atoms with Gasteiger partial charge in [0.05, 0.1) is 13.2 Å². The Kier molecular flexibility index (Phi) is 6.96. The highest BCUT2D eigenvalue weighted by Gasteiger charge is 2.28. The van der Waals surface area contributed by atoms with Gasteiger partial charge >= 0.3 is 0 Å². The summed E-state index contributed by atoms with van der Waals surface area (Å²) in [7, 11) is 0. The Balaban J connectivity index is 1.15. The minimum atomic E-state index is -0.624. The van der Waals surface area contributed by atoms with Crippen LogP contribution in [-0.4, -0.2) is 67.4 Å². The fourth-order valence-electron chi connectivity index (χ4n) is 5.34. The van der Waals surface area contributed by atoms with Gasteiger partial charge < -0.3 is 24.4 Å². The smallest absolute Gasteiger partial charge is 0.119 e. The van der Waals surface area contributed by atoms with E-state index in [1.54, 1.807) is 0 Å². The average Bonchev–Trinajstić information content (AvgIpc) is 3.57. The Morgan fingerprint density at radius 1 is 0.688 bits per heavy atom. The van der Waals surface area contributed by atoms with Crippen molar-refractivity contribution in [3.8, 4) is 22.6 Å². The van der Waals surface area contributed by atoms with Gasteiger partial charge in [-0.15, -0.1) is 0 Å². The highest BCUT2D eigenvalue weighted by molar-refractivity contribution is 5.79. The molecule has 2 saturated heterocycles. The Morgan fingerprint density at radius 3 is 1.56 bits per heavy atom. The van der Waals surface area contributed by atoms with Crippen LogP contribution in [0.4, 0.5) is 0 Å². The van der Waals surface area contributed by atoms with Crippen molar-refractivity contribution in [3.63, 3.8) is 0 Å². The monoisotopic (exact) mass is 436 g/mol. The van der Waals surface area contributed by atoms with E-state index in [1.165, 1.54) is 51.9 Å². The standard InChI is InChI=1S/C27H36N2O3/c30-27-25-19-21(31-17-5-15-28-11-1-2-12-28)7-9-23(25)24-10-8-22(20-26(24)27)32-18-6-16-29-13-3-4-14-29/h7-10,19-20,27,30H,1-6,11-18H2. The van der Waals surface area contributed by atoms with Crippen LogP contribution < -0.4 is 9.47 Å². The van der Waals surface area contributed by atoms with Gasteiger partial charge in [0.15, 0.2) is 0 Å². The molecular weight excluding hydrogens is 400 g/mol. The number of rotatable bonds is 10. The van der Waals surface area contributed by atoms with Gasteiger partial charge in [-0.05, 0) is 111 Å². The van der Waals surface area contributed by atoms with Crippen molar-refractivity contribution in [1.82, 2.24) is 9.80 Å². The van der Waals surface area contributed by atoms with Gasteiger partial charge in [-0.1, -0.05) is 12.1 Å². The molecule has 1 aliphatic carbocycles. The fraction of sp³-hybridized carbons (Fsp3) is 0.556. The van der Waals surface area contributed by atoms with E-state index in [0.29, 0.717) is 13.2 Å². The van der Waals surface area contributed by atoms with Crippen molar-refractivity contribution in [1.29, 1.82) is 0 Å². The Bertz CT molecular complexity index is 830. The molecule has 32 heavy (non-hydrogen) atoms. The third kappa shape index (κ3) is 4.95. The number of hydrogen-bond acceptors (Lipinski definition) is 5. The molecule has 2 fully saturated rings. The Morgan fingerprint density at radius 2 is 1.12 bits per heavy atom. The molecule has 0 radical (unpaired) electrons. The number of ether oxygens (including phenoxy) is 2. The van der Waals surface area contributed by atoms with E-state index in [9.17, 15) is 5.11 Å². The number of aliphatic hydroxyl groups excluding tert-OH is 1. The van der Waals surface area contributed by atoms with Crippen LogP contribution in [0.5, 0.6) is 11.5 Å². The third-order valence-electron chi connectivity index (χ3n) is 7.10. The summed E-state index contributed by atoms with van der Waals surface area (Å²) in [6.07, 6.45) is 6.77. The second-order valence-electron chi connectivity index (χ2n) is 9.40.